The van der Waals surface area contributed by atoms with Gasteiger partial charge in [-0.2, -0.15) is 10.4 Å². The largest absolute Gasteiger partial charge is 0.448 e. The minimum atomic E-state index is -0.218. The molecule has 1 saturated heterocycles. The molecule has 2 aliphatic rings. The van der Waals surface area contributed by atoms with Crippen molar-refractivity contribution in [2.24, 2.45) is 0 Å². The predicted molar refractivity (Wildman–Crippen MR) is 95.5 cm³/mol. The SMILES string of the molecule is Cc1cc(C#N)ccc1-c1cnn2c1CC(NCCN1CCOC1=O)C2. The van der Waals surface area contributed by atoms with Crippen molar-refractivity contribution in [2.45, 2.75) is 25.9 Å². The zero-order valence-corrected chi connectivity index (χ0v) is 14.7. The Hall–Kier alpha value is -2.85. The predicted octanol–water partition coefficient (Wildman–Crippen LogP) is 1.70. The fourth-order valence-electron chi connectivity index (χ4n) is 3.72. The summed E-state index contributed by atoms with van der Waals surface area (Å²) >= 11 is 0. The van der Waals surface area contributed by atoms with Crippen molar-refractivity contribution in [3.05, 3.63) is 41.2 Å². The van der Waals surface area contributed by atoms with Gasteiger partial charge in [-0.15, -0.1) is 0 Å². The van der Waals surface area contributed by atoms with Gasteiger partial charge in [0.05, 0.1) is 30.9 Å². The van der Waals surface area contributed by atoms with Gasteiger partial charge in [-0.05, 0) is 30.2 Å². The number of benzene rings is 1. The number of amides is 1. The summed E-state index contributed by atoms with van der Waals surface area (Å²) in [6, 6.07) is 8.27. The third kappa shape index (κ3) is 3.04. The van der Waals surface area contributed by atoms with Crippen LogP contribution in [0.25, 0.3) is 11.1 Å². The van der Waals surface area contributed by atoms with E-state index in [-0.39, 0.29) is 6.09 Å². The number of nitrogens with zero attached hydrogens (tertiary/aromatic N) is 4. The first-order valence-electron chi connectivity index (χ1n) is 8.86. The van der Waals surface area contributed by atoms with Gasteiger partial charge in [0.1, 0.15) is 6.61 Å². The maximum atomic E-state index is 11.5. The van der Waals surface area contributed by atoms with E-state index in [1.807, 2.05) is 31.3 Å². The van der Waals surface area contributed by atoms with Crippen LogP contribution in [0.5, 0.6) is 0 Å². The molecule has 0 aliphatic carbocycles. The van der Waals surface area contributed by atoms with Gasteiger partial charge in [0, 0.05) is 36.8 Å². The molecule has 1 fully saturated rings. The average molecular weight is 351 g/mol. The first-order chi connectivity index (χ1) is 12.7. The van der Waals surface area contributed by atoms with E-state index in [9.17, 15) is 4.79 Å². The number of rotatable bonds is 5. The summed E-state index contributed by atoms with van der Waals surface area (Å²) in [6.45, 7) is 5.43. The zero-order chi connectivity index (χ0) is 18.1. The van der Waals surface area contributed by atoms with Crippen LogP contribution < -0.4 is 5.32 Å². The molecule has 1 N–H and O–H groups in total. The van der Waals surface area contributed by atoms with Gasteiger partial charge >= 0.3 is 6.09 Å². The lowest BCUT2D eigenvalue weighted by Crippen LogP contribution is -2.38. The Morgan fingerprint density at radius 2 is 2.31 bits per heavy atom. The van der Waals surface area contributed by atoms with Crippen LogP contribution >= 0.6 is 0 Å². The second kappa shape index (κ2) is 6.81. The molecule has 2 aliphatic heterocycles. The van der Waals surface area contributed by atoms with E-state index >= 15 is 0 Å². The highest BCUT2D eigenvalue weighted by Gasteiger charge is 2.27. The summed E-state index contributed by atoms with van der Waals surface area (Å²) in [6.07, 6.45) is 2.60. The Balaban J connectivity index is 1.41. The highest BCUT2D eigenvalue weighted by Crippen LogP contribution is 2.31. The number of aryl methyl sites for hydroxylation is 1. The second-order valence-corrected chi connectivity index (χ2v) is 6.79. The topological polar surface area (TPSA) is 83.2 Å². The highest BCUT2D eigenvalue weighted by molar-refractivity contribution is 5.70. The van der Waals surface area contributed by atoms with Crippen LogP contribution in [0, 0.1) is 18.3 Å². The standard InChI is InChI=1S/C19H21N5O2/c1-13-8-14(10-20)2-3-16(13)17-11-22-24-12-15(9-18(17)24)21-4-5-23-6-7-26-19(23)25/h2-3,8,11,15,21H,4-7,9,12H2,1H3. The third-order valence-corrected chi connectivity index (χ3v) is 5.09. The Morgan fingerprint density at radius 3 is 3.04 bits per heavy atom. The van der Waals surface area contributed by atoms with Gasteiger partial charge in [0.2, 0.25) is 0 Å². The smallest absolute Gasteiger partial charge is 0.409 e. The molecular weight excluding hydrogens is 330 g/mol. The average Bonchev–Trinajstić information content (AvgIpc) is 3.32. The van der Waals surface area contributed by atoms with E-state index in [4.69, 9.17) is 10.00 Å². The summed E-state index contributed by atoms with van der Waals surface area (Å²) in [5.41, 5.74) is 5.25. The molecule has 0 spiro atoms. The van der Waals surface area contributed by atoms with Crippen LogP contribution in [0.4, 0.5) is 4.79 Å². The summed E-state index contributed by atoms with van der Waals surface area (Å²) < 4.78 is 6.99. The first kappa shape index (κ1) is 16.6. The molecule has 3 heterocycles. The maximum Gasteiger partial charge on any atom is 0.409 e. The molecule has 134 valence electrons. The molecule has 0 bridgehead atoms. The molecule has 2 aromatic rings. The van der Waals surface area contributed by atoms with E-state index in [1.54, 1.807) is 4.90 Å². The Morgan fingerprint density at radius 1 is 1.42 bits per heavy atom. The molecule has 0 radical (unpaired) electrons. The van der Waals surface area contributed by atoms with Gasteiger partial charge in [-0.25, -0.2) is 4.79 Å². The molecule has 4 rings (SSSR count). The van der Waals surface area contributed by atoms with Gasteiger partial charge in [-0.1, -0.05) is 6.07 Å². The van der Waals surface area contributed by atoms with E-state index < -0.39 is 0 Å². The lowest BCUT2D eigenvalue weighted by Gasteiger charge is -2.16. The molecule has 1 aromatic heterocycles. The van der Waals surface area contributed by atoms with Crippen LogP contribution in [-0.4, -0.2) is 53.1 Å². The zero-order valence-electron chi connectivity index (χ0n) is 14.7. The molecule has 1 unspecified atom stereocenters. The van der Waals surface area contributed by atoms with E-state index in [2.05, 4.69) is 21.2 Å². The van der Waals surface area contributed by atoms with Crippen molar-refractivity contribution in [1.29, 1.82) is 5.26 Å². The van der Waals surface area contributed by atoms with Crippen LogP contribution in [0.1, 0.15) is 16.8 Å². The number of carbonyl (C=O) groups is 1. The Labute approximate surface area is 152 Å². The number of hydrogen-bond donors (Lipinski definition) is 1. The van der Waals surface area contributed by atoms with Crippen molar-refractivity contribution in [3.63, 3.8) is 0 Å². The molecule has 1 amide bonds. The monoisotopic (exact) mass is 351 g/mol. The fourth-order valence-corrected chi connectivity index (χ4v) is 3.72. The molecule has 7 heteroatoms. The molecule has 1 atom stereocenters. The number of hydrogen-bond acceptors (Lipinski definition) is 5. The van der Waals surface area contributed by atoms with Crippen molar-refractivity contribution in [2.75, 3.05) is 26.2 Å². The quantitative estimate of drug-likeness (QED) is 0.886. The highest BCUT2D eigenvalue weighted by atomic mass is 16.6. The van der Waals surface area contributed by atoms with Gasteiger partial charge in [-0.3, -0.25) is 4.68 Å². The first-order valence-corrected chi connectivity index (χ1v) is 8.86. The van der Waals surface area contributed by atoms with Crippen molar-refractivity contribution in [3.8, 4) is 17.2 Å². The number of carbonyl (C=O) groups excluding carboxylic acids is 1. The summed E-state index contributed by atoms with van der Waals surface area (Å²) in [5, 5.41) is 17.1. The lowest BCUT2D eigenvalue weighted by atomic mass is 9.98. The van der Waals surface area contributed by atoms with Crippen molar-refractivity contribution in [1.82, 2.24) is 20.0 Å². The van der Waals surface area contributed by atoms with Gasteiger partial charge in [0.25, 0.3) is 0 Å². The van der Waals surface area contributed by atoms with Crippen LogP contribution in [0.2, 0.25) is 0 Å². The fraction of sp³-hybridized carbons (Fsp3) is 0.421. The molecule has 1 aromatic carbocycles. The number of nitriles is 1. The normalized spacial score (nSPS) is 18.7. The van der Waals surface area contributed by atoms with Gasteiger partial charge < -0.3 is 15.0 Å². The van der Waals surface area contributed by atoms with Gasteiger partial charge in [0.15, 0.2) is 0 Å². The second-order valence-electron chi connectivity index (χ2n) is 6.79. The maximum absolute atomic E-state index is 11.5. The van der Waals surface area contributed by atoms with E-state index in [0.717, 1.165) is 36.2 Å². The summed E-state index contributed by atoms with van der Waals surface area (Å²) in [5.74, 6) is 0. The van der Waals surface area contributed by atoms with E-state index in [1.165, 1.54) is 5.69 Å². The Bertz CT molecular complexity index is 883. The third-order valence-electron chi connectivity index (χ3n) is 5.09. The minimum absolute atomic E-state index is 0.218. The lowest BCUT2D eigenvalue weighted by molar-refractivity contribution is 0.158. The number of cyclic esters (lactones) is 1. The minimum Gasteiger partial charge on any atom is -0.448 e. The number of aromatic nitrogens is 2. The number of nitrogens with one attached hydrogen (secondary N) is 1. The summed E-state index contributed by atoms with van der Waals surface area (Å²) in [7, 11) is 0. The van der Waals surface area contributed by atoms with Crippen LogP contribution in [0.15, 0.2) is 24.4 Å². The molecule has 7 nitrogen and oxygen atoms in total. The van der Waals surface area contributed by atoms with Crippen LogP contribution in [-0.2, 0) is 17.7 Å². The number of ether oxygens (including phenoxy) is 1. The van der Waals surface area contributed by atoms with Crippen molar-refractivity contribution >= 4 is 6.09 Å². The van der Waals surface area contributed by atoms with Crippen LogP contribution in [0.3, 0.4) is 0 Å². The number of fused-ring (bicyclic) bond motifs is 1. The summed E-state index contributed by atoms with van der Waals surface area (Å²) in [4.78, 5) is 13.2. The molecular formula is C19H21N5O2. The van der Waals surface area contributed by atoms with Crippen molar-refractivity contribution < 1.29 is 9.53 Å². The molecule has 26 heavy (non-hydrogen) atoms. The van der Waals surface area contributed by atoms with E-state index in [0.29, 0.717) is 31.3 Å². The molecule has 0 saturated carbocycles. The Kier molecular flexibility index (Phi) is 4.35.